The van der Waals surface area contributed by atoms with Crippen molar-refractivity contribution in [3.63, 3.8) is 0 Å². The molecule has 10 heteroatoms. The number of nitrogens with zero attached hydrogens (tertiary/aromatic N) is 4. The summed E-state index contributed by atoms with van der Waals surface area (Å²) in [6.45, 7) is 0. The van der Waals surface area contributed by atoms with Crippen LogP contribution in [0.4, 0.5) is 5.69 Å². The molecule has 0 unspecified atom stereocenters. The van der Waals surface area contributed by atoms with E-state index in [1.807, 2.05) is 0 Å². The summed E-state index contributed by atoms with van der Waals surface area (Å²) in [5.41, 5.74) is 0.562. The molecule has 0 saturated heterocycles. The van der Waals surface area contributed by atoms with Crippen LogP contribution in [0, 0.1) is 10.1 Å². The van der Waals surface area contributed by atoms with E-state index in [-0.39, 0.29) is 22.2 Å². The Hall–Kier alpha value is -2.94. The number of hydrogen-bond donors (Lipinski definition) is 2. The largest absolute Gasteiger partial charge is 0.478 e. The van der Waals surface area contributed by atoms with Crippen molar-refractivity contribution in [3.05, 3.63) is 45.2 Å². The highest BCUT2D eigenvalue weighted by Gasteiger charge is 2.17. The molecule has 3 aromatic rings. The maximum Gasteiger partial charge on any atom is 0.338 e. The highest BCUT2D eigenvalue weighted by Crippen LogP contribution is 2.29. The van der Waals surface area contributed by atoms with E-state index in [1.54, 1.807) is 0 Å². The topological polar surface area (TPSA) is 127 Å². The van der Waals surface area contributed by atoms with Gasteiger partial charge in [-0.1, -0.05) is 11.6 Å². The summed E-state index contributed by atoms with van der Waals surface area (Å²) in [6.07, 6.45) is 2.45. The van der Waals surface area contributed by atoms with E-state index in [4.69, 9.17) is 16.7 Å². The molecule has 0 fully saturated rings. The number of carboxylic acid groups (broad SMARTS) is 1. The van der Waals surface area contributed by atoms with Gasteiger partial charge in [0.1, 0.15) is 5.02 Å². The molecule has 3 rings (SSSR count). The van der Waals surface area contributed by atoms with Gasteiger partial charge in [0.2, 0.25) is 5.95 Å². The van der Waals surface area contributed by atoms with Gasteiger partial charge >= 0.3 is 5.97 Å². The molecule has 0 radical (unpaired) electrons. The lowest BCUT2D eigenvalue weighted by Crippen LogP contribution is -1.97. The van der Waals surface area contributed by atoms with Crippen LogP contribution in [0.5, 0.6) is 0 Å². The average Bonchev–Trinajstić information content (AvgIpc) is 3.02. The first-order valence-corrected chi connectivity index (χ1v) is 5.95. The van der Waals surface area contributed by atoms with Crippen molar-refractivity contribution >= 4 is 34.3 Å². The highest BCUT2D eigenvalue weighted by atomic mass is 35.5. The Kier molecular flexibility index (Phi) is 2.84. The Balaban J connectivity index is 2.12. The van der Waals surface area contributed by atoms with Crippen molar-refractivity contribution in [3.8, 4) is 5.95 Å². The van der Waals surface area contributed by atoms with Crippen molar-refractivity contribution in [1.82, 2.24) is 19.7 Å². The van der Waals surface area contributed by atoms with Crippen LogP contribution in [0.25, 0.3) is 17.0 Å². The lowest BCUT2D eigenvalue weighted by atomic mass is 10.3. The molecule has 0 bridgehead atoms. The van der Waals surface area contributed by atoms with Crippen LogP contribution in [0.15, 0.2) is 24.5 Å². The summed E-state index contributed by atoms with van der Waals surface area (Å²) in [6, 6.07) is 2.62. The Morgan fingerprint density at radius 3 is 2.86 bits per heavy atom. The third kappa shape index (κ3) is 2.19. The first-order chi connectivity index (χ1) is 9.95. The van der Waals surface area contributed by atoms with Gasteiger partial charge in [0, 0.05) is 12.3 Å². The highest BCUT2D eigenvalue weighted by molar-refractivity contribution is 6.33. The van der Waals surface area contributed by atoms with E-state index < -0.39 is 10.9 Å². The van der Waals surface area contributed by atoms with Gasteiger partial charge in [-0.15, -0.1) is 0 Å². The molecule has 106 valence electrons. The molecule has 0 aliphatic heterocycles. The van der Waals surface area contributed by atoms with E-state index in [1.165, 1.54) is 29.2 Å². The quantitative estimate of drug-likeness (QED) is 0.563. The smallest absolute Gasteiger partial charge is 0.338 e. The number of H-pyrrole nitrogens is 1. The molecule has 9 nitrogen and oxygen atoms in total. The number of hydrogen-bond acceptors (Lipinski definition) is 5. The summed E-state index contributed by atoms with van der Waals surface area (Å²) in [4.78, 5) is 28.0. The van der Waals surface area contributed by atoms with E-state index >= 15 is 0 Å². The summed E-state index contributed by atoms with van der Waals surface area (Å²) in [5.74, 6) is -0.884. The molecular weight excluding hydrogens is 302 g/mol. The van der Waals surface area contributed by atoms with Gasteiger partial charge in [-0.2, -0.15) is 5.10 Å². The number of fused-ring (bicyclic) bond motifs is 1. The summed E-state index contributed by atoms with van der Waals surface area (Å²) < 4.78 is 1.23. The molecule has 0 spiro atoms. The van der Waals surface area contributed by atoms with Gasteiger partial charge in [0.05, 0.1) is 27.7 Å². The van der Waals surface area contributed by atoms with Gasteiger partial charge in [-0.25, -0.2) is 14.5 Å². The van der Waals surface area contributed by atoms with E-state index in [0.29, 0.717) is 11.0 Å². The van der Waals surface area contributed by atoms with Gasteiger partial charge in [0.15, 0.2) is 0 Å². The number of halogens is 1. The molecule has 1 aromatic carbocycles. The fraction of sp³-hybridized carbons (Fsp3) is 0. The summed E-state index contributed by atoms with van der Waals surface area (Å²) in [5, 5.41) is 23.5. The first kappa shape index (κ1) is 13.1. The Labute approximate surface area is 120 Å². The zero-order valence-corrected chi connectivity index (χ0v) is 10.9. The Bertz CT molecular complexity index is 884. The fourth-order valence-corrected chi connectivity index (χ4v) is 2.03. The van der Waals surface area contributed by atoms with E-state index in [2.05, 4.69) is 15.1 Å². The number of benzene rings is 1. The van der Waals surface area contributed by atoms with Crippen molar-refractivity contribution in [2.75, 3.05) is 0 Å². The van der Waals surface area contributed by atoms with Crippen LogP contribution in [-0.4, -0.2) is 35.7 Å². The predicted molar refractivity (Wildman–Crippen MR) is 71.8 cm³/mol. The van der Waals surface area contributed by atoms with Crippen molar-refractivity contribution in [2.45, 2.75) is 0 Å². The van der Waals surface area contributed by atoms with Gasteiger partial charge < -0.3 is 10.1 Å². The molecule has 0 aliphatic rings. The lowest BCUT2D eigenvalue weighted by molar-refractivity contribution is -0.384. The van der Waals surface area contributed by atoms with E-state index in [0.717, 1.165) is 0 Å². The van der Waals surface area contributed by atoms with Crippen LogP contribution in [0.2, 0.25) is 5.02 Å². The fourth-order valence-electron chi connectivity index (χ4n) is 1.80. The molecule has 0 aliphatic carbocycles. The molecular formula is C11H6ClN5O4. The zero-order chi connectivity index (χ0) is 15.1. The van der Waals surface area contributed by atoms with Crippen LogP contribution >= 0.6 is 11.6 Å². The maximum absolute atomic E-state index is 10.8. The van der Waals surface area contributed by atoms with Gasteiger partial charge in [0.25, 0.3) is 5.69 Å². The Morgan fingerprint density at radius 1 is 1.48 bits per heavy atom. The van der Waals surface area contributed by atoms with Crippen molar-refractivity contribution in [2.24, 2.45) is 0 Å². The predicted octanol–water partition coefficient (Wildman–Crippen LogP) is 2.01. The number of carbonyl (C=O) groups is 1. The van der Waals surface area contributed by atoms with Crippen LogP contribution in [-0.2, 0) is 0 Å². The second kappa shape index (κ2) is 4.56. The van der Waals surface area contributed by atoms with Crippen molar-refractivity contribution < 1.29 is 14.8 Å². The number of aromatic carboxylic acids is 1. The number of imidazole rings is 1. The molecule has 21 heavy (non-hydrogen) atoms. The second-order valence-corrected chi connectivity index (χ2v) is 4.52. The minimum atomic E-state index is -1.11. The monoisotopic (exact) mass is 307 g/mol. The maximum atomic E-state index is 10.8. The molecule has 0 atom stereocenters. The zero-order valence-electron chi connectivity index (χ0n) is 10.1. The van der Waals surface area contributed by atoms with E-state index in [9.17, 15) is 14.9 Å². The third-order valence-corrected chi connectivity index (χ3v) is 3.08. The molecule has 2 heterocycles. The number of nitrogens with one attached hydrogen (secondary N) is 1. The standard InChI is InChI=1S/C11H6ClN5O4/c12-6-1-7-8(2-9(6)17(20)21)15-11(14-7)16-4-5(3-13-16)10(18)19/h1-4H,(H,14,15)(H,18,19). The molecule has 2 N–H and O–H groups in total. The van der Waals surface area contributed by atoms with Crippen molar-refractivity contribution in [1.29, 1.82) is 0 Å². The molecule has 0 amide bonds. The normalized spacial score (nSPS) is 10.9. The minimum absolute atomic E-state index is 0.000492. The number of nitro benzene ring substituents is 1. The average molecular weight is 308 g/mol. The van der Waals surface area contributed by atoms with Gasteiger partial charge in [-0.3, -0.25) is 10.1 Å². The number of aromatic amines is 1. The van der Waals surface area contributed by atoms with Gasteiger partial charge in [-0.05, 0) is 6.07 Å². The third-order valence-electron chi connectivity index (χ3n) is 2.78. The van der Waals surface area contributed by atoms with Crippen LogP contribution in [0.1, 0.15) is 10.4 Å². The molecule has 0 saturated carbocycles. The Morgan fingerprint density at radius 2 is 2.24 bits per heavy atom. The minimum Gasteiger partial charge on any atom is -0.478 e. The molecule has 2 aromatic heterocycles. The second-order valence-electron chi connectivity index (χ2n) is 4.12. The number of nitro groups is 1. The SMILES string of the molecule is O=C(O)c1cnn(-c2nc3cc(Cl)c([N+](=O)[O-])cc3[nH]2)c1. The first-order valence-electron chi connectivity index (χ1n) is 5.57. The van der Waals surface area contributed by atoms with Crippen LogP contribution in [0.3, 0.4) is 0 Å². The number of carboxylic acids is 1. The number of aromatic nitrogens is 4. The van der Waals surface area contributed by atoms with Crippen LogP contribution < -0.4 is 0 Å². The summed E-state index contributed by atoms with van der Waals surface area (Å²) in [7, 11) is 0. The lowest BCUT2D eigenvalue weighted by Gasteiger charge is -1.93. The summed E-state index contributed by atoms with van der Waals surface area (Å²) >= 11 is 5.80. The number of rotatable bonds is 3.